The van der Waals surface area contributed by atoms with Crippen LogP contribution in [0.2, 0.25) is 0 Å². The lowest BCUT2D eigenvalue weighted by atomic mass is 10.0. The maximum Gasteiger partial charge on any atom is 0.135 e. The third-order valence-electron chi connectivity index (χ3n) is 9.64. The highest BCUT2D eigenvalue weighted by Crippen LogP contribution is 2.48. The summed E-state index contributed by atoms with van der Waals surface area (Å²) in [7, 11) is 0. The van der Waals surface area contributed by atoms with Crippen LogP contribution in [0.3, 0.4) is 0 Å². The highest BCUT2D eigenvalue weighted by Gasteiger charge is 2.21. The fraction of sp³-hybridized carbons (Fsp3) is 0. The second kappa shape index (κ2) is 11.2. The van der Waals surface area contributed by atoms with Gasteiger partial charge in [-0.3, -0.25) is 0 Å². The lowest BCUT2D eigenvalue weighted by Gasteiger charge is -2.26. The summed E-state index contributed by atoms with van der Waals surface area (Å²) in [5.41, 5.74) is 10.1. The monoisotopic (exact) mass is 643 g/mol. The van der Waals surface area contributed by atoms with E-state index in [1.165, 1.54) is 53.2 Å². The summed E-state index contributed by atoms with van der Waals surface area (Å²) in [5.74, 6) is 0. The Morgan fingerprint density at radius 3 is 1.88 bits per heavy atom. The van der Waals surface area contributed by atoms with Gasteiger partial charge in [0.1, 0.15) is 11.2 Å². The van der Waals surface area contributed by atoms with Gasteiger partial charge >= 0.3 is 0 Å². The zero-order valence-electron chi connectivity index (χ0n) is 26.5. The number of anilines is 3. The molecule has 0 atom stereocenters. The molecule has 0 N–H and O–H groups in total. The van der Waals surface area contributed by atoms with Crippen molar-refractivity contribution in [3.05, 3.63) is 176 Å². The van der Waals surface area contributed by atoms with Gasteiger partial charge in [0.2, 0.25) is 0 Å². The normalized spacial score (nSPS) is 11.7. The molecule has 3 heteroatoms. The summed E-state index contributed by atoms with van der Waals surface area (Å²) < 4.78 is 8.82. The minimum Gasteiger partial charge on any atom is -0.456 e. The molecule has 0 aliphatic heterocycles. The van der Waals surface area contributed by atoms with Crippen LogP contribution in [0.5, 0.6) is 0 Å². The average molecular weight is 644 g/mol. The van der Waals surface area contributed by atoms with Crippen molar-refractivity contribution >= 4 is 81.3 Å². The fourth-order valence-corrected chi connectivity index (χ4v) is 8.63. The molecular formula is C46H29NOS. The molecule has 0 saturated heterocycles. The lowest BCUT2D eigenvalue weighted by molar-refractivity contribution is 0.669. The van der Waals surface area contributed by atoms with Gasteiger partial charge in [0.25, 0.3) is 0 Å². The minimum absolute atomic E-state index is 0.893. The van der Waals surface area contributed by atoms with Gasteiger partial charge in [-0.15, -0.1) is 11.3 Å². The Labute approximate surface area is 287 Å². The molecule has 2 heterocycles. The van der Waals surface area contributed by atoms with Gasteiger partial charge in [-0.05, 0) is 81.6 Å². The SMILES string of the molecule is c1ccc(-c2ccc3cc(N(c4ccc5oc6ccccc6c5c4)c4cccc5c4sc4c(-c6ccccc6)cccc45)ccc3c2)cc1. The predicted octanol–water partition coefficient (Wildman–Crippen LogP) is 13.9. The summed E-state index contributed by atoms with van der Waals surface area (Å²) in [6.45, 7) is 0. The van der Waals surface area contributed by atoms with Crippen LogP contribution in [0.25, 0.3) is 75.1 Å². The van der Waals surface area contributed by atoms with Crippen molar-refractivity contribution < 1.29 is 4.42 Å². The van der Waals surface area contributed by atoms with Crippen molar-refractivity contribution in [3.8, 4) is 22.3 Å². The molecule has 2 aromatic heterocycles. The molecule has 0 unspecified atom stereocenters. The third kappa shape index (κ3) is 4.62. The number of furan rings is 1. The molecule has 0 radical (unpaired) electrons. The van der Waals surface area contributed by atoms with Crippen molar-refractivity contribution in [2.75, 3.05) is 4.90 Å². The van der Waals surface area contributed by atoms with Crippen molar-refractivity contribution in [3.63, 3.8) is 0 Å². The van der Waals surface area contributed by atoms with E-state index in [2.05, 4.69) is 169 Å². The van der Waals surface area contributed by atoms with Gasteiger partial charge in [0.15, 0.2) is 0 Å². The Morgan fingerprint density at radius 2 is 1.02 bits per heavy atom. The first-order valence-corrected chi connectivity index (χ1v) is 17.4. The Balaban J connectivity index is 1.21. The first-order valence-electron chi connectivity index (χ1n) is 16.6. The van der Waals surface area contributed by atoms with E-state index in [1.807, 2.05) is 23.5 Å². The van der Waals surface area contributed by atoms with Crippen LogP contribution < -0.4 is 4.90 Å². The molecule has 2 nitrogen and oxygen atoms in total. The Bertz CT molecular complexity index is 2830. The Hall–Kier alpha value is -6.16. The number of rotatable bonds is 5. The van der Waals surface area contributed by atoms with E-state index in [9.17, 15) is 0 Å². The number of benzene rings is 8. The van der Waals surface area contributed by atoms with Gasteiger partial charge in [-0.2, -0.15) is 0 Å². The summed E-state index contributed by atoms with van der Waals surface area (Å²) in [5, 5.41) is 7.20. The molecule has 0 aliphatic rings. The van der Waals surface area contributed by atoms with Crippen molar-refractivity contribution in [2.45, 2.75) is 0 Å². The second-order valence-corrected chi connectivity index (χ2v) is 13.6. The maximum absolute atomic E-state index is 6.25. The summed E-state index contributed by atoms with van der Waals surface area (Å²) in [6, 6.07) is 63.2. The standard InChI is InChI=1S/C46H29NOS/c1-3-11-30(12-4-1)32-21-22-34-28-35(24-23-33(34)27-32)47(36-25-26-44-41(29-36)38-15-7-8-20-43(38)48-44)42-19-10-18-40-39-17-9-16-37(45(39)49-46(40)42)31-13-5-2-6-14-31/h1-29H. The van der Waals surface area contributed by atoms with E-state index in [0.717, 1.165) is 39.0 Å². The van der Waals surface area contributed by atoms with Gasteiger partial charge in [0, 0.05) is 37.6 Å². The zero-order valence-corrected chi connectivity index (χ0v) is 27.3. The Morgan fingerprint density at radius 1 is 0.388 bits per heavy atom. The van der Waals surface area contributed by atoms with Crippen LogP contribution in [0.1, 0.15) is 0 Å². The number of fused-ring (bicyclic) bond motifs is 7. The van der Waals surface area contributed by atoms with Crippen LogP contribution in [0.4, 0.5) is 17.1 Å². The molecule has 0 fully saturated rings. The second-order valence-electron chi connectivity index (χ2n) is 12.5. The molecular weight excluding hydrogens is 615 g/mol. The quantitative estimate of drug-likeness (QED) is 0.186. The topological polar surface area (TPSA) is 16.4 Å². The molecule has 230 valence electrons. The molecule has 8 aromatic carbocycles. The van der Waals surface area contributed by atoms with Crippen LogP contribution in [-0.2, 0) is 0 Å². The number of hydrogen-bond donors (Lipinski definition) is 0. The highest BCUT2D eigenvalue weighted by molar-refractivity contribution is 7.27. The molecule has 0 aliphatic carbocycles. The number of nitrogens with zero attached hydrogens (tertiary/aromatic N) is 1. The van der Waals surface area contributed by atoms with E-state index in [4.69, 9.17) is 4.42 Å². The number of thiophene rings is 1. The smallest absolute Gasteiger partial charge is 0.135 e. The summed E-state index contributed by atoms with van der Waals surface area (Å²) >= 11 is 1.88. The maximum atomic E-state index is 6.25. The van der Waals surface area contributed by atoms with E-state index >= 15 is 0 Å². The van der Waals surface area contributed by atoms with Gasteiger partial charge < -0.3 is 9.32 Å². The zero-order chi connectivity index (χ0) is 32.3. The highest BCUT2D eigenvalue weighted by atomic mass is 32.1. The van der Waals surface area contributed by atoms with Crippen molar-refractivity contribution in [1.82, 2.24) is 0 Å². The summed E-state index contributed by atoms with van der Waals surface area (Å²) in [6.07, 6.45) is 0. The van der Waals surface area contributed by atoms with E-state index in [-0.39, 0.29) is 0 Å². The molecule has 0 amide bonds. The van der Waals surface area contributed by atoms with E-state index < -0.39 is 0 Å². The molecule has 10 rings (SSSR count). The van der Waals surface area contributed by atoms with Gasteiger partial charge in [0.05, 0.1) is 10.4 Å². The fourth-order valence-electron chi connectivity index (χ4n) is 7.29. The first kappa shape index (κ1) is 27.9. The molecule has 0 bridgehead atoms. The predicted molar refractivity (Wildman–Crippen MR) is 210 cm³/mol. The number of para-hydroxylation sites is 1. The van der Waals surface area contributed by atoms with Gasteiger partial charge in [-0.25, -0.2) is 0 Å². The molecule has 10 aromatic rings. The molecule has 49 heavy (non-hydrogen) atoms. The van der Waals surface area contributed by atoms with Crippen LogP contribution in [0, 0.1) is 0 Å². The average Bonchev–Trinajstić information content (AvgIpc) is 3.74. The minimum atomic E-state index is 0.893. The van der Waals surface area contributed by atoms with Crippen LogP contribution in [-0.4, -0.2) is 0 Å². The summed E-state index contributed by atoms with van der Waals surface area (Å²) in [4.78, 5) is 2.42. The largest absolute Gasteiger partial charge is 0.456 e. The van der Waals surface area contributed by atoms with Crippen LogP contribution in [0.15, 0.2) is 180 Å². The van der Waals surface area contributed by atoms with Crippen molar-refractivity contribution in [1.29, 1.82) is 0 Å². The molecule has 0 saturated carbocycles. The van der Waals surface area contributed by atoms with Crippen molar-refractivity contribution in [2.24, 2.45) is 0 Å². The van der Waals surface area contributed by atoms with Crippen LogP contribution >= 0.6 is 11.3 Å². The lowest BCUT2D eigenvalue weighted by Crippen LogP contribution is -2.10. The first-order chi connectivity index (χ1) is 24.3. The van der Waals surface area contributed by atoms with E-state index in [1.54, 1.807) is 0 Å². The van der Waals surface area contributed by atoms with E-state index in [0.29, 0.717) is 0 Å². The van der Waals surface area contributed by atoms with Gasteiger partial charge in [-0.1, -0.05) is 127 Å². The third-order valence-corrected chi connectivity index (χ3v) is 10.9. The number of hydrogen-bond acceptors (Lipinski definition) is 3. The Kier molecular flexibility index (Phi) is 6.39. The molecule has 0 spiro atoms.